The Morgan fingerprint density at radius 3 is 1.97 bits per heavy atom. The van der Waals surface area contributed by atoms with Crippen LogP contribution < -0.4 is 27.4 Å². The summed E-state index contributed by atoms with van der Waals surface area (Å²) in [4.78, 5) is 50.2. The fourth-order valence-electron chi connectivity index (χ4n) is 3.35. The number of unbranched alkanes of at least 4 members (excludes halogenated alkanes) is 1. The molecule has 11 nitrogen and oxygen atoms in total. The number of aliphatic carboxylic acids is 1. The van der Waals surface area contributed by atoms with E-state index in [0.29, 0.717) is 19.4 Å². The molecule has 0 aromatic heterocycles. The average Bonchev–Trinajstić information content (AvgIpc) is 2.80. The minimum atomic E-state index is -1.23. The predicted molar refractivity (Wildman–Crippen MR) is 131 cm³/mol. The lowest BCUT2D eigenvalue weighted by Crippen LogP contribution is -2.58. The Kier molecular flexibility index (Phi) is 12.9. The Bertz CT molecular complexity index is 833. The standard InChI is InChI=1S/C24H39N5O6/c1-14(2)20(24(34)35)29-22(32)18(13-16-9-5-4-6-10-16)28-21(31)17(11-7-8-12-25)27-23(33)19(26)15(3)30/h4-6,9-10,14-15,17-20,30H,7-8,11-13,25-26H2,1-3H3,(H,27,33)(H,28,31)(H,29,32)(H,34,35). The number of hydrogen-bond donors (Lipinski definition) is 7. The second-order valence-corrected chi connectivity index (χ2v) is 8.93. The molecule has 1 aromatic carbocycles. The van der Waals surface area contributed by atoms with E-state index in [1.165, 1.54) is 6.92 Å². The first kappa shape index (κ1) is 30.0. The van der Waals surface area contributed by atoms with Crippen molar-refractivity contribution in [3.63, 3.8) is 0 Å². The highest BCUT2D eigenvalue weighted by molar-refractivity contribution is 5.94. The molecule has 0 saturated heterocycles. The van der Waals surface area contributed by atoms with Gasteiger partial charge in [0.15, 0.2) is 0 Å². The van der Waals surface area contributed by atoms with E-state index in [2.05, 4.69) is 16.0 Å². The first-order valence-corrected chi connectivity index (χ1v) is 11.8. The largest absolute Gasteiger partial charge is 0.480 e. The number of carboxylic acids is 1. The lowest BCUT2D eigenvalue weighted by Gasteiger charge is -2.26. The minimum Gasteiger partial charge on any atom is -0.480 e. The SMILES string of the molecule is CC(C)C(NC(=O)C(Cc1ccccc1)NC(=O)C(CCCCN)NC(=O)C(N)C(C)O)C(=O)O. The van der Waals surface area contributed by atoms with Crippen LogP contribution in [-0.2, 0) is 25.6 Å². The molecule has 0 radical (unpaired) electrons. The molecule has 0 spiro atoms. The monoisotopic (exact) mass is 493 g/mol. The fraction of sp³-hybridized carbons (Fsp3) is 0.583. The van der Waals surface area contributed by atoms with E-state index < -0.39 is 54.0 Å². The summed E-state index contributed by atoms with van der Waals surface area (Å²) < 4.78 is 0. The molecule has 11 heteroatoms. The van der Waals surface area contributed by atoms with E-state index in [1.54, 1.807) is 38.1 Å². The Balaban J connectivity index is 3.11. The van der Waals surface area contributed by atoms with E-state index in [9.17, 15) is 29.4 Å². The molecule has 35 heavy (non-hydrogen) atoms. The zero-order valence-electron chi connectivity index (χ0n) is 20.6. The van der Waals surface area contributed by atoms with Gasteiger partial charge in [0, 0.05) is 6.42 Å². The van der Waals surface area contributed by atoms with Gasteiger partial charge < -0.3 is 37.6 Å². The number of carbonyl (C=O) groups is 4. The van der Waals surface area contributed by atoms with Gasteiger partial charge in [-0.3, -0.25) is 14.4 Å². The third-order valence-corrected chi connectivity index (χ3v) is 5.55. The molecule has 9 N–H and O–H groups in total. The Hall–Kier alpha value is -3.02. The van der Waals surface area contributed by atoms with Gasteiger partial charge in [0.1, 0.15) is 24.2 Å². The van der Waals surface area contributed by atoms with Crippen LogP contribution in [0, 0.1) is 5.92 Å². The Morgan fingerprint density at radius 1 is 0.886 bits per heavy atom. The first-order chi connectivity index (χ1) is 16.5. The summed E-state index contributed by atoms with van der Waals surface area (Å²) in [7, 11) is 0. The van der Waals surface area contributed by atoms with Crippen molar-refractivity contribution >= 4 is 23.7 Å². The maximum atomic E-state index is 13.2. The number of carboxylic acid groups (broad SMARTS) is 1. The number of nitrogens with two attached hydrogens (primary N) is 2. The molecule has 1 aromatic rings. The van der Waals surface area contributed by atoms with Crippen molar-refractivity contribution in [1.82, 2.24) is 16.0 Å². The van der Waals surface area contributed by atoms with E-state index >= 15 is 0 Å². The number of rotatable bonds is 15. The van der Waals surface area contributed by atoms with Crippen LogP contribution in [-0.4, -0.2) is 70.7 Å². The van der Waals surface area contributed by atoms with Crippen LogP contribution in [0.2, 0.25) is 0 Å². The molecule has 0 aliphatic rings. The molecule has 0 saturated carbocycles. The van der Waals surface area contributed by atoms with Crippen molar-refractivity contribution in [2.24, 2.45) is 17.4 Å². The second kappa shape index (κ2) is 15.1. The molecule has 0 aliphatic heterocycles. The van der Waals surface area contributed by atoms with Gasteiger partial charge in [0.2, 0.25) is 17.7 Å². The van der Waals surface area contributed by atoms with Crippen molar-refractivity contribution in [3.8, 4) is 0 Å². The molecule has 0 heterocycles. The van der Waals surface area contributed by atoms with E-state index in [4.69, 9.17) is 11.5 Å². The molecule has 0 fully saturated rings. The van der Waals surface area contributed by atoms with Gasteiger partial charge in [-0.2, -0.15) is 0 Å². The maximum absolute atomic E-state index is 13.2. The zero-order valence-corrected chi connectivity index (χ0v) is 20.6. The highest BCUT2D eigenvalue weighted by atomic mass is 16.4. The highest BCUT2D eigenvalue weighted by Gasteiger charge is 2.31. The van der Waals surface area contributed by atoms with Crippen LogP contribution in [0.3, 0.4) is 0 Å². The van der Waals surface area contributed by atoms with Crippen LogP contribution in [0.4, 0.5) is 0 Å². The number of benzene rings is 1. The molecule has 0 aliphatic carbocycles. The number of hydrogen-bond acceptors (Lipinski definition) is 7. The molecular formula is C24H39N5O6. The van der Waals surface area contributed by atoms with Crippen LogP contribution >= 0.6 is 0 Å². The predicted octanol–water partition coefficient (Wildman–Crippen LogP) is -0.739. The van der Waals surface area contributed by atoms with Crippen molar-refractivity contribution < 1.29 is 29.4 Å². The highest BCUT2D eigenvalue weighted by Crippen LogP contribution is 2.09. The minimum absolute atomic E-state index is 0.111. The first-order valence-electron chi connectivity index (χ1n) is 11.8. The molecular weight excluding hydrogens is 454 g/mol. The number of aliphatic hydroxyl groups is 1. The quantitative estimate of drug-likeness (QED) is 0.155. The van der Waals surface area contributed by atoms with E-state index in [-0.39, 0.29) is 18.8 Å². The van der Waals surface area contributed by atoms with Gasteiger partial charge in [0.05, 0.1) is 6.10 Å². The third-order valence-electron chi connectivity index (χ3n) is 5.55. The third kappa shape index (κ3) is 10.4. The molecule has 196 valence electrons. The number of nitrogens with one attached hydrogen (secondary N) is 3. The lowest BCUT2D eigenvalue weighted by molar-refractivity contribution is -0.143. The van der Waals surface area contributed by atoms with Crippen molar-refractivity contribution in [3.05, 3.63) is 35.9 Å². The molecule has 3 amide bonds. The summed E-state index contributed by atoms with van der Waals surface area (Å²) in [5, 5.41) is 26.8. The number of aliphatic hydroxyl groups excluding tert-OH is 1. The summed E-state index contributed by atoms with van der Waals surface area (Å²) in [6.07, 6.45) is 0.376. The van der Waals surface area contributed by atoms with Gasteiger partial charge in [-0.15, -0.1) is 0 Å². The van der Waals surface area contributed by atoms with E-state index in [1.807, 2.05) is 6.07 Å². The molecule has 5 unspecified atom stereocenters. The maximum Gasteiger partial charge on any atom is 0.326 e. The lowest BCUT2D eigenvalue weighted by atomic mass is 10.0. The number of amides is 3. The normalized spacial score (nSPS) is 15.4. The fourth-order valence-corrected chi connectivity index (χ4v) is 3.35. The zero-order chi connectivity index (χ0) is 26.5. The summed E-state index contributed by atoms with van der Waals surface area (Å²) in [5.41, 5.74) is 12.0. The molecule has 1 rings (SSSR count). The van der Waals surface area contributed by atoms with Crippen LogP contribution in [0.25, 0.3) is 0 Å². The summed E-state index contributed by atoms with van der Waals surface area (Å²) in [5.74, 6) is -3.55. The summed E-state index contributed by atoms with van der Waals surface area (Å²) in [6.45, 7) is 5.10. The number of carbonyl (C=O) groups excluding carboxylic acids is 3. The Morgan fingerprint density at radius 2 is 1.46 bits per heavy atom. The van der Waals surface area contributed by atoms with Gasteiger partial charge in [-0.25, -0.2) is 4.79 Å². The molecule has 0 bridgehead atoms. The second-order valence-electron chi connectivity index (χ2n) is 8.93. The van der Waals surface area contributed by atoms with Crippen molar-refractivity contribution in [2.75, 3.05) is 6.54 Å². The van der Waals surface area contributed by atoms with Crippen molar-refractivity contribution in [2.45, 2.75) is 76.7 Å². The van der Waals surface area contributed by atoms with Gasteiger partial charge in [-0.1, -0.05) is 44.2 Å². The smallest absolute Gasteiger partial charge is 0.326 e. The van der Waals surface area contributed by atoms with Crippen molar-refractivity contribution in [1.29, 1.82) is 0 Å². The Labute approximate surface area is 206 Å². The van der Waals surface area contributed by atoms with E-state index in [0.717, 1.165) is 5.56 Å². The van der Waals surface area contributed by atoms with Gasteiger partial charge >= 0.3 is 5.97 Å². The van der Waals surface area contributed by atoms with Crippen LogP contribution in [0.15, 0.2) is 30.3 Å². The average molecular weight is 494 g/mol. The van der Waals surface area contributed by atoms with Crippen LogP contribution in [0.5, 0.6) is 0 Å². The van der Waals surface area contributed by atoms with Gasteiger partial charge in [-0.05, 0) is 44.2 Å². The van der Waals surface area contributed by atoms with Gasteiger partial charge in [0.25, 0.3) is 0 Å². The van der Waals surface area contributed by atoms with Crippen LogP contribution in [0.1, 0.15) is 45.6 Å². The topological polar surface area (TPSA) is 197 Å². The summed E-state index contributed by atoms with van der Waals surface area (Å²) >= 11 is 0. The summed E-state index contributed by atoms with van der Waals surface area (Å²) in [6, 6.07) is 4.46. The molecule has 5 atom stereocenters.